The maximum atomic E-state index is 13.6. The Kier molecular flexibility index (Phi) is 5.91. The van der Waals surface area contributed by atoms with Gasteiger partial charge in [-0.05, 0) is 18.1 Å². The Morgan fingerprint density at radius 2 is 1.56 bits per heavy atom. The van der Waals surface area contributed by atoms with Crippen molar-refractivity contribution in [3.8, 4) is 0 Å². The van der Waals surface area contributed by atoms with Gasteiger partial charge in [-0.2, -0.15) is 26.3 Å². The van der Waals surface area contributed by atoms with Crippen LogP contribution in [-0.4, -0.2) is 23.9 Å². The number of carbonyl (C=O) groups is 1. The average molecular weight is 378 g/mol. The number of amides is 1. The molecule has 0 spiro atoms. The van der Waals surface area contributed by atoms with Crippen molar-refractivity contribution in [3.05, 3.63) is 29.8 Å². The van der Waals surface area contributed by atoms with Gasteiger partial charge in [0.1, 0.15) is 11.6 Å². The van der Waals surface area contributed by atoms with Gasteiger partial charge in [-0.15, -0.1) is 0 Å². The number of anilines is 1. The Labute approximate surface area is 137 Å². The van der Waals surface area contributed by atoms with Crippen LogP contribution in [0.3, 0.4) is 0 Å². The van der Waals surface area contributed by atoms with Gasteiger partial charge in [0.15, 0.2) is 0 Å². The van der Waals surface area contributed by atoms with E-state index in [4.69, 9.17) is 0 Å². The van der Waals surface area contributed by atoms with Crippen LogP contribution in [0.1, 0.15) is 20.3 Å². The van der Waals surface area contributed by atoms with E-state index >= 15 is 0 Å². The normalized spacial score (nSPS) is 13.1. The number of hydrogen-bond donors (Lipinski definition) is 2. The zero-order valence-corrected chi connectivity index (χ0v) is 12.9. The lowest BCUT2D eigenvalue weighted by atomic mass is 10.1. The summed E-state index contributed by atoms with van der Waals surface area (Å²) in [7, 11) is 0. The van der Waals surface area contributed by atoms with Gasteiger partial charge in [0.05, 0.1) is 5.69 Å². The van der Waals surface area contributed by atoms with E-state index in [9.17, 15) is 39.9 Å². The van der Waals surface area contributed by atoms with Crippen molar-refractivity contribution in [3.63, 3.8) is 0 Å². The second-order valence-corrected chi connectivity index (χ2v) is 5.64. The molecule has 0 fully saturated rings. The maximum absolute atomic E-state index is 13.6. The molecule has 0 aliphatic rings. The summed E-state index contributed by atoms with van der Waals surface area (Å²) in [5.41, 5.74) is -6.22. The Balaban J connectivity index is 3.41. The van der Waals surface area contributed by atoms with Gasteiger partial charge in [0, 0.05) is 12.5 Å². The van der Waals surface area contributed by atoms with Crippen molar-refractivity contribution in [2.75, 3.05) is 5.32 Å². The highest BCUT2D eigenvalue weighted by Crippen LogP contribution is 2.44. The first-order chi connectivity index (χ1) is 11.2. The van der Waals surface area contributed by atoms with E-state index in [1.807, 2.05) is 0 Å². The largest absolute Gasteiger partial charge is 0.439 e. The monoisotopic (exact) mass is 378 g/mol. The molecule has 142 valence electrons. The minimum atomic E-state index is -6.07. The molecule has 1 rings (SSSR count). The van der Waals surface area contributed by atoms with E-state index in [2.05, 4.69) is 0 Å². The number of halogens is 8. The average Bonchev–Trinajstić information content (AvgIpc) is 2.37. The lowest BCUT2D eigenvalue weighted by Crippen LogP contribution is -2.72. The summed E-state index contributed by atoms with van der Waals surface area (Å²) in [5.74, 6) is -4.95. The second kappa shape index (κ2) is 7.04. The number of nitrogens with one attached hydrogen (secondary N) is 2. The van der Waals surface area contributed by atoms with E-state index < -0.39 is 53.6 Å². The fraction of sp³-hybridized carbons (Fsp3) is 0.500. The number of carbonyl (C=O) groups excluding carboxylic acids is 1. The summed E-state index contributed by atoms with van der Waals surface area (Å²) in [6.07, 6.45) is -12.8. The molecule has 1 amide bonds. The topological polar surface area (TPSA) is 41.1 Å². The SMILES string of the molecule is CC(C)CC(=O)NC(Nc1ccc(F)cc1F)(C(F)(F)F)C(F)(F)F. The molecule has 0 bridgehead atoms. The van der Waals surface area contributed by atoms with Crippen LogP contribution in [0.5, 0.6) is 0 Å². The molecule has 0 radical (unpaired) electrons. The van der Waals surface area contributed by atoms with Gasteiger partial charge in [0.2, 0.25) is 5.91 Å². The number of hydrogen-bond acceptors (Lipinski definition) is 2. The summed E-state index contributed by atoms with van der Waals surface area (Å²) in [6, 6.07) is 0.945. The highest BCUT2D eigenvalue weighted by molar-refractivity contribution is 5.78. The van der Waals surface area contributed by atoms with Crippen LogP contribution >= 0.6 is 0 Å². The lowest BCUT2D eigenvalue weighted by molar-refractivity contribution is -0.296. The van der Waals surface area contributed by atoms with Gasteiger partial charge < -0.3 is 10.6 Å². The van der Waals surface area contributed by atoms with Crippen molar-refractivity contribution >= 4 is 11.6 Å². The standard InChI is InChI=1S/C14H14F8N2O/c1-7(2)5-11(25)24-12(13(17,18)19,14(20,21)22)23-10-4-3-8(15)6-9(10)16/h3-4,6-7,23H,5H2,1-2H3,(H,24,25). The van der Waals surface area contributed by atoms with Crippen LogP contribution in [0.25, 0.3) is 0 Å². The van der Waals surface area contributed by atoms with Crippen molar-refractivity contribution in [1.82, 2.24) is 5.32 Å². The molecule has 11 heteroatoms. The molecule has 0 aromatic heterocycles. The highest BCUT2D eigenvalue weighted by atomic mass is 19.4. The van der Waals surface area contributed by atoms with Gasteiger partial charge in [-0.1, -0.05) is 13.8 Å². The number of alkyl halides is 6. The van der Waals surface area contributed by atoms with E-state index in [1.54, 1.807) is 0 Å². The first-order valence-electron chi connectivity index (χ1n) is 6.87. The molecule has 0 unspecified atom stereocenters. The summed E-state index contributed by atoms with van der Waals surface area (Å²) in [5, 5.41) is 1.82. The van der Waals surface area contributed by atoms with Crippen molar-refractivity contribution < 1.29 is 39.9 Å². The van der Waals surface area contributed by atoms with Crippen molar-refractivity contribution in [1.29, 1.82) is 0 Å². The molecule has 0 saturated carbocycles. The first kappa shape index (κ1) is 21.0. The third kappa shape index (κ3) is 4.73. The van der Waals surface area contributed by atoms with Crippen molar-refractivity contribution in [2.45, 2.75) is 38.3 Å². The molecule has 0 heterocycles. The predicted molar refractivity (Wildman–Crippen MR) is 72.4 cm³/mol. The molecule has 0 aliphatic heterocycles. The molecule has 1 aromatic rings. The molecule has 25 heavy (non-hydrogen) atoms. The lowest BCUT2D eigenvalue weighted by Gasteiger charge is -2.39. The second-order valence-electron chi connectivity index (χ2n) is 5.64. The maximum Gasteiger partial charge on any atom is 0.439 e. The van der Waals surface area contributed by atoms with E-state index in [0.29, 0.717) is 12.1 Å². The molecule has 0 aliphatic carbocycles. The van der Waals surface area contributed by atoms with E-state index in [0.717, 1.165) is 10.6 Å². The zero-order valence-electron chi connectivity index (χ0n) is 12.9. The molecule has 0 saturated heterocycles. The first-order valence-corrected chi connectivity index (χ1v) is 6.87. The fourth-order valence-electron chi connectivity index (χ4n) is 1.90. The summed E-state index contributed by atoms with van der Waals surface area (Å²) in [6.45, 7) is 2.82. The summed E-state index contributed by atoms with van der Waals surface area (Å²) in [4.78, 5) is 11.6. The molecule has 3 nitrogen and oxygen atoms in total. The molecular weight excluding hydrogens is 364 g/mol. The number of benzene rings is 1. The van der Waals surface area contributed by atoms with Gasteiger partial charge in [-0.25, -0.2) is 8.78 Å². The van der Waals surface area contributed by atoms with E-state index in [1.165, 1.54) is 13.8 Å². The van der Waals surface area contributed by atoms with Gasteiger partial charge in [-0.3, -0.25) is 4.79 Å². The quantitative estimate of drug-likeness (QED) is 0.591. The number of rotatable bonds is 5. The summed E-state index contributed by atoms with van der Waals surface area (Å²) < 4.78 is 106. The van der Waals surface area contributed by atoms with Crippen LogP contribution < -0.4 is 10.6 Å². The third-order valence-electron chi connectivity index (χ3n) is 3.02. The summed E-state index contributed by atoms with van der Waals surface area (Å²) >= 11 is 0. The smallest absolute Gasteiger partial charge is 0.345 e. The van der Waals surface area contributed by atoms with Crippen LogP contribution in [0.4, 0.5) is 40.8 Å². The Morgan fingerprint density at radius 1 is 1.04 bits per heavy atom. The van der Waals surface area contributed by atoms with Crippen LogP contribution in [0.15, 0.2) is 18.2 Å². The zero-order chi connectivity index (χ0) is 19.6. The molecule has 2 N–H and O–H groups in total. The molecule has 1 aromatic carbocycles. The van der Waals surface area contributed by atoms with Crippen LogP contribution in [-0.2, 0) is 4.79 Å². The Morgan fingerprint density at radius 3 is 1.96 bits per heavy atom. The van der Waals surface area contributed by atoms with Crippen LogP contribution in [0, 0.1) is 17.6 Å². The molecular formula is C14H14F8N2O. The van der Waals surface area contributed by atoms with E-state index in [-0.39, 0.29) is 6.07 Å². The minimum absolute atomic E-state index is 0.107. The predicted octanol–water partition coefficient (Wildman–Crippen LogP) is 4.36. The Bertz CT molecular complexity index is 610. The Hall–Kier alpha value is -2.07. The highest BCUT2D eigenvalue weighted by Gasteiger charge is 2.72. The fourth-order valence-corrected chi connectivity index (χ4v) is 1.90. The van der Waals surface area contributed by atoms with Gasteiger partial charge in [0.25, 0.3) is 0 Å². The third-order valence-corrected chi connectivity index (χ3v) is 3.02. The molecule has 0 atom stereocenters. The van der Waals surface area contributed by atoms with Gasteiger partial charge >= 0.3 is 18.0 Å². The minimum Gasteiger partial charge on any atom is -0.345 e. The van der Waals surface area contributed by atoms with Crippen molar-refractivity contribution in [2.24, 2.45) is 5.92 Å². The van der Waals surface area contributed by atoms with Crippen LogP contribution in [0.2, 0.25) is 0 Å².